The fraction of sp³-hybridized carbons (Fsp3) is 0.118. The van der Waals surface area contributed by atoms with Gasteiger partial charge in [0.25, 0.3) is 0 Å². The molecule has 0 heterocycles. The predicted octanol–water partition coefficient (Wildman–Crippen LogP) is 3.19. The summed E-state index contributed by atoms with van der Waals surface area (Å²) in [4.78, 5) is 12.5. The molecule has 0 atom stereocenters. The first-order valence-corrected chi connectivity index (χ1v) is 6.44. The molecule has 2 aromatic rings. The van der Waals surface area contributed by atoms with Crippen LogP contribution < -0.4 is 5.73 Å². The average molecular weight is 249 g/mol. The summed E-state index contributed by atoms with van der Waals surface area (Å²) in [6, 6.07) is 17.5. The van der Waals surface area contributed by atoms with E-state index in [9.17, 15) is 4.79 Å². The summed E-state index contributed by atoms with van der Waals surface area (Å²) in [6.07, 6.45) is 1.60. The van der Waals surface area contributed by atoms with Gasteiger partial charge in [-0.2, -0.15) is 0 Å². The van der Waals surface area contributed by atoms with Gasteiger partial charge in [-0.1, -0.05) is 54.6 Å². The number of carbonyl (C=O) groups excluding carboxylic acids is 1. The van der Waals surface area contributed by atoms with E-state index in [0.29, 0.717) is 5.70 Å². The van der Waals surface area contributed by atoms with Crippen molar-refractivity contribution in [3.63, 3.8) is 0 Å². The second-order valence-corrected chi connectivity index (χ2v) is 4.74. The Morgan fingerprint density at radius 1 is 0.895 bits per heavy atom. The second-order valence-electron chi connectivity index (χ2n) is 4.74. The Morgan fingerprint density at radius 3 is 2.37 bits per heavy atom. The van der Waals surface area contributed by atoms with E-state index < -0.39 is 0 Å². The van der Waals surface area contributed by atoms with Gasteiger partial charge in [0.05, 0.1) is 0 Å². The fourth-order valence-electron chi connectivity index (χ4n) is 2.54. The zero-order valence-corrected chi connectivity index (χ0v) is 10.6. The summed E-state index contributed by atoms with van der Waals surface area (Å²) >= 11 is 0. The molecule has 2 heteroatoms. The smallest absolute Gasteiger partial charge is 0.191 e. The molecule has 0 saturated heterocycles. The van der Waals surface area contributed by atoms with Crippen molar-refractivity contribution in [3.05, 3.63) is 76.9 Å². The van der Waals surface area contributed by atoms with Gasteiger partial charge in [-0.05, 0) is 24.0 Å². The van der Waals surface area contributed by atoms with Crippen molar-refractivity contribution in [2.45, 2.75) is 12.8 Å². The zero-order valence-electron chi connectivity index (χ0n) is 10.6. The molecule has 1 aliphatic carbocycles. The van der Waals surface area contributed by atoms with Crippen LogP contribution in [-0.2, 0) is 6.42 Å². The van der Waals surface area contributed by atoms with Crippen LogP contribution in [-0.4, -0.2) is 5.78 Å². The minimum atomic E-state index is 0.0724. The first-order chi connectivity index (χ1) is 9.27. The van der Waals surface area contributed by atoms with E-state index in [1.54, 1.807) is 0 Å². The first kappa shape index (κ1) is 11.7. The van der Waals surface area contributed by atoms with E-state index in [2.05, 4.69) is 0 Å². The van der Waals surface area contributed by atoms with Crippen LogP contribution in [0.3, 0.4) is 0 Å². The van der Waals surface area contributed by atoms with Crippen LogP contribution in [0, 0.1) is 0 Å². The van der Waals surface area contributed by atoms with E-state index in [1.165, 1.54) is 0 Å². The van der Waals surface area contributed by atoms with E-state index in [-0.39, 0.29) is 5.78 Å². The molecule has 0 fully saturated rings. The third-order valence-electron chi connectivity index (χ3n) is 3.59. The highest BCUT2D eigenvalue weighted by Gasteiger charge is 2.23. The molecule has 0 amide bonds. The number of aryl methyl sites for hydroxylation is 1. The zero-order chi connectivity index (χ0) is 13.2. The maximum Gasteiger partial charge on any atom is 0.191 e. The molecule has 0 aromatic heterocycles. The maximum absolute atomic E-state index is 12.5. The minimum Gasteiger partial charge on any atom is -0.398 e. The topological polar surface area (TPSA) is 43.1 Å². The van der Waals surface area contributed by atoms with Crippen molar-refractivity contribution in [1.29, 1.82) is 0 Å². The van der Waals surface area contributed by atoms with Crippen molar-refractivity contribution in [3.8, 4) is 0 Å². The molecule has 2 aromatic carbocycles. The molecule has 19 heavy (non-hydrogen) atoms. The Hall–Kier alpha value is -2.35. The normalized spacial score (nSPS) is 16.9. The van der Waals surface area contributed by atoms with Crippen LogP contribution in [0.25, 0.3) is 5.70 Å². The number of Topliss-reactive ketones (excluding diaryl/α,β-unsaturated/α-hetero) is 1. The van der Waals surface area contributed by atoms with Gasteiger partial charge in [0.1, 0.15) is 0 Å². The molecule has 0 radical (unpaired) electrons. The Balaban J connectivity index is 2.07. The number of fused-ring (bicyclic) bond motifs is 1. The van der Waals surface area contributed by atoms with Crippen molar-refractivity contribution in [2.24, 2.45) is 5.73 Å². The number of rotatable bonds is 1. The number of allylic oxidation sites excluding steroid dienone is 1. The van der Waals surface area contributed by atoms with Gasteiger partial charge >= 0.3 is 0 Å². The quantitative estimate of drug-likeness (QED) is 0.789. The van der Waals surface area contributed by atoms with Crippen molar-refractivity contribution in [1.82, 2.24) is 0 Å². The third kappa shape index (κ3) is 2.06. The van der Waals surface area contributed by atoms with Gasteiger partial charge in [0, 0.05) is 16.8 Å². The number of hydrogen-bond acceptors (Lipinski definition) is 2. The highest BCUT2D eigenvalue weighted by molar-refractivity contribution is 6.14. The lowest BCUT2D eigenvalue weighted by Crippen LogP contribution is -2.18. The van der Waals surface area contributed by atoms with E-state index >= 15 is 0 Å². The van der Waals surface area contributed by atoms with Crippen molar-refractivity contribution in [2.75, 3.05) is 0 Å². The highest BCUT2D eigenvalue weighted by Crippen LogP contribution is 2.28. The van der Waals surface area contributed by atoms with Gasteiger partial charge in [-0.25, -0.2) is 0 Å². The molecular formula is C17H15NO. The standard InChI is InChI=1S/C17H15NO/c18-16(13-7-2-1-3-8-13)15-11-10-12-6-4-5-9-14(12)17(15)19/h1-9H,10-11,18H2/b16-15-. The van der Waals surface area contributed by atoms with Crippen molar-refractivity contribution >= 4 is 11.5 Å². The highest BCUT2D eigenvalue weighted by atomic mass is 16.1. The molecule has 2 N–H and O–H groups in total. The van der Waals surface area contributed by atoms with Gasteiger partial charge in [-0.15, -0.1) is 0 Å². The number of nitrogens with two attached hydrogens (primary N) is 1. The fourth-order valence-corrected chi connectivity index (χ4v) is 2.54. The molecule has 0 bridgehead atoms. The number of ketones is 1. The average Bonchev–Trinajstić information content (AvgIpc) is 2.48. The largest absolute Gasteiger partial charge is 0.398 e. The summed E-state index contributed by atoms with van der Waals surface area (Å²) in [5.41, 5.74) is 10.4. The Labute approximate surface area is 112 Å². The van der Waals surface area contributed by atoms with E-state index in [0.717, 1.165) is 35.1 Å². The monoisotopic (exact) mass is 249 g/mol. The van der Waals surface area contributed by atoms with Crippen LogP contribution in [0.1, 0.15) is 27.9 Å². The van der Waals surface area contributed by atoms with E-state index in [1.807, 2.05) is 54.6 Å². The minimum absolute atomic E-state index is 0.0724. The summed E-state index contributed by atoms with van der Waals surface area (Å²) < 4.78 is 0. The summed E-state index contributed by atoms with van der Waals surface area (Å²) in [5, 5.41) is 0. The molecule has 1 aliphatic rings. The second kappa shape index (κ2) is 4.73. The van der Waals surface area contributed by atoms with Gasteiger partial charge in [0.2, 0.25) is 0 Å². The van der Waals surface area contributed by atoms with Crippen LogP contribution in [0.2, 0.25) is 0 Å². The maximum atomic E-state index is 12.5. The molecule has 3 rings (SSSR count). The van der Waals surface area contributed by atoms with Crippen LogP contribution in [0.4, 0.5) is 0 Å². The molecule has 0 saturated carbocycles. The lowest BCUT2D eigenvalue weighted by atomic mass is 9.85. The lowest BCUT2D eigenvalue weighted by Gasteiger charge is -2.19. The molecule has 2 nitrogen and oxygen atoms in total. The summed E-state index contributed by atoms with van der Waals surface area (Å²) in [5.74, 6) is 0.0724. The molecule has 0 unspecified atom stereocenters. The summed E-state index contributed by atoms with van der Waals surface area (Å²) in [6.45, 7) is 0. The molecule has 0 spiro atoms. The molecule has 0 aliphatic heterocycles. The Kier molecular flexibility index (Phi) is 2.92. The number of benzene rings is 2. The number of hydrogen-bond donors (Lipinski definition) is 1. The third-order valence-corrected chi connectivity index (χ3v) is 3.59. The van der Waals surface area contributed by atoms with Crippen LogP contribution in [0.5, 0.6) is 0 Å². The SMILES string of the molecule is N/C(=C1/CCc2ccccc2C1=O)c1ccccc1. The van der Waals surface area contributed by atoms with Gasteiger partial charge in [-0.3, -0.25) is 4.79 Å². The van der Waals surface area contributed by atoms with Crippen LogP contribution in [0.15, 0.2) is 60.2 Å². The van der Waals surface area contributed by atoms with Crippen LogP contribution >= 0.6 is 0 Å². The Morgan fingerprint density at radius 2 is 1.58 bits per heavy atom. The first-order valence-electron chi connectivity index (χ1n) is 6.44. The van der Waals surface area contributed by atoms with E-state index in [4.69, 9.17) is 5.73 Å². The summed E-state index contributed by atoms with van der Waals surface area (Å²) in [7, 11) is 0. The number of carbonyl (C=O) groups is 1. The van der Waals surface area contributed by atoms with Gasteiger partial charge in [0.15, 0.2) is 5.78 Å². The predicted molar refractivity (Wildman–Crippen MR) is 76.6 cm³/mol. The lowest BCUT2D eigenvalue weighted by molar-refractivity contribution is 0.102. The van der Waals surface area contributed by atoms with Gasteiger partial charge < -0.3 is 5.73 Å². The Bertz CT molecular complexity index is 656. The van der Waals surface area contributed by atoms with Crippen molar-refractivity contribution < 1.29 is 4.79 Å². The molecule has 94 valence electrons. The molecular weight excluding hydrogens is 234 g/mol.